The van der Waals surface area contributed by atoms with Crippen molar-refractivity contribution in [3.8, 4) is 5.75 Å². The molecule has 0 bridgehead atoms. The van der Waals surface area contributed by atoms with Crippen LogP contribution in [0.25, 0.3) is 0 Å². The van der Waals surface area contributed by atoms with E-state index in [4.69, 9.17) is 14.7 Å². The van der Waals surface area contributed by atoms with E-state index in [1.807, 2.05) is 61.5 Å². The van der Waals surface area contributed by atoms with E-state index in [-0.39, 0.29) is 0 Å². The van der Waals surface area contributed by atoms with E-state index >= 15 is 0 Å². The largest absolute Gasteiger partial charge is 0.412 e. The second-order valence-electron chi connectivity index (χ2n) is 9.47. The molecule has 0 aliphatic carbocycles. The molecule has 0 unspecified atom stereocenters. The van der Waals surface area contributed by atoms with Gasteiger partial charge < -0.3 is 10.1 Å². The van der Waals surface area contributed by atoms with Crippen molar-refractivity contribution in [1.29, 1.82) is 0 Å². The molecule has 1 aliphatic rings. The molecule has 0 aromatic heterocycles. The predicted octanol–water partition coefficient (Wildman–Crippen LogP) is 7.13. The molecule has 1 aliphatic heterocycles. The minimum Gasteiger partial charge on any atom is -0.410 e. The molecular weight excluding hydrogens is 446 g/mol. The van der Waals surface area contributed by atoms with Gasteiger partial charge in [-0.05, 0) is 44.7 Å². The van der Waals surface area contributed by atoms with Gasteiger partial charge in [0.1, 0.15) is 11.4 Å². The van der Waals surface area contributed by atoms with Gasteiger partial charge in [0.2, 0.25) is 0 Å². The number of amides is 1. The Morgan fingerprint density at radius 1 is 0.750 bits per heavy atom. The van der Waals surface area contributed by atoms with Gasteiger partial charge in [-0.15, -0.1) is 0 Å². The molecule has 36 heavy (non-hydrogen) atoms. The number of aryl methyl sites for hydroxylation is 1. The second-order valence-corrected chi connectivity index (χ2v) is 9.47. The molecule has 186 valence electrons. The van der Waals surface area contributed by atoms with Crippen LogP contribution in [-0.2, 0) is 0 Å². The predicted molar refractivity (Wildman–Crippen MR) is 147 cm³/mol. The fraction of sp³-hybridized carbons (Fsp3) is 0.323. The van der Waals surface area contributed by atoms with Crippen LogP contribution in [0.5, 0.6) is 5.75 Å². The average molecular weight is 482 g/mol. The minimum atomic E-state index is -0.433. The average Bonchev–Trinajstić information content (AvgIpc) is 3.26. The van der Waals surface area contributed by atoms with E-state index in [0.29, 0.717) is 12.3 Å². The summed E-state index contributed by atoms with van der Waals surface area (Å²) in [5.74, 6) is 0.603. The highest BCUT2D eigenvalue weighted by molar-refractivity contribution is 6.54. The van der Waals surface area contributed by atoms with Gasteiger partial charge in [0, 0.05) is 17.7 Å². The lowest BCUT2D eigenvalue weighted by Gasteiger charge is -2.17. The van der Waals surface area contributed by atoms with Crippen LogP contribution in [0.4, 0.5) is 4.79 Å². The van der Waals surface area contributed by atoms with Crippen molar-refractivity contribution in [2.45, 2.75) is 58.0 Å². The molecule has 0 spiro atoms. The standard InChI is InChI=1S/C31H35N3O2/c1-24-16-12-13-21-27(24)36-30(35)32-23-15-5-3-4-14-22-31(2)33-28(25-17-8-6-9-18-25)29(34-31)26-19-10-7-11-20-26/h6-13,16-21H,3-5,14-15,22-23H2,1-2H3,(H,32,35). The highest BCUT2D eigenvalue weighted by atomic mass is 16.6. The molecule has 0 saturated heterocycles. The van der Waals surface area contributed by atoms with Gasteiger partial charge in [-0.2, -0.15) is 0 Å². The first-order valence-corrected chi connectivity index (χ1v) is 12.9. The van der Waals surface area contributed by atoms with Gasteiger partial charge >= 0.3 is 6.09 Å². The maximum absolute atomic E-state index is 12.0. The van der Waals surface area contributed by atoms with Gasteiger partial charge in [-0.1, -0.05) is 98.1 Å². The number of nitrogens with zero attached hydrogens (tertiary/aromatic N) is 2. The quantitative estimate of drug-likeness (QED) is 0.296. The topological polar surface area (TPSA) is 63.0 Å². The lowest BCUT2D eigenvalue weighted by molar-refractivity contribution is 0.200. The molecule has 1 N–H and O–H groups in total. The summed E-state index contributed by atoms with van der Waals surface area (Å²) < 4.78 is 5.36. The summed E-state index contributed by atoms with van der Waals surface area (Å²) in [4.78, 5) is 22.2. The van der Waals surface area contributed by atoms with Crippen LogP contribution in [0.2, 0.25) is 0 Å². The molecule has 0 saturated carbocycles. The number of hydrogen-bond acceptors (Lipinski definition) is 4. The summed E-state index contributed by atoms with van der Waals surface area (Å²) in [5, 5.41) is 2.84. The highest BCUT2D eigenvalue weighted by Gasteiger charge is 2.32. The Balaban J connectivity index is 1.21. The zero-order valence-corrected chi connectivity index (χ0v) is 21.2. The Kier molecular flexibility index (Phi) is 8.66. The van der Waals surface area contributed by atoms with Gasteiger partial charge in [0.15, 0.2) is 0 Å². The summed E-state index contributed by atoms with van der Waals surface area (Å²) in [6, 6.07) is 28.2. The number of nitrogens with one attached hydrogen (secondary N) is 1. The van der Waals surface area contributed by atoms with Crippen molar-refractivity contribution < 1.29 is 9.53 Å². The zero-order chi connectivity index (χ0) is 25.2. The molecule has 3 aromatic carbocycles. The first-order chi connectivity index (χ1) is 17.5. The van der Waals surface area contributed by atoms with Crippen molar-refractivity contribution in [3.05, 3.63) is 102 Å². The molecule has 5 nitrogen and oxygen atoms in total. The molecule has 0 atom stereocenters. The number of para-hydroxylation sites is 1. The molecule has 1 amide bonds. The number of unbranched alkanes of at least 4 members (excludes halogenated alkanes) is 4. The first-order valence-electron chi connectivity index (χ1n) is 12.9. The fourth-order valence-corrected chi connectivity index (χ4v) is 4.43. The second kappa shape index (κ2) is 12.3. The molecule has 1 heterocycles. The monoisotopic (exact) mass is 481 g/mol. The SMILES string of the molecule is Cc1ccccc1OC(=O)NCCCCCCCC1(C)N=C(c2ccccc2)C(c2ccccc2)=N1. The molecule has 0 fully saturated rings. The van der Waals surface area contributed by atoms with E-state index in [0.717, 1.165) is 66.6 Å². The van der Waals surface area contributed by atoms with Gasteiger partial charge in [0.05, 0.1) is 11.4 Å². The fourth-order valence-electron chi connectivity index (χ4n) is 4.43. The summed E-state index contributed by atoms with van der Waals surface area (Å²) >= 11 is 0. The van der Waals surface area contributed by atoms with Crippen LogP contribution in [0.15, 0.2) is 94.9 Å². The Morgan fingerprint density at radius 2 is 1.28 bits per heavy atom. The molecule has 0 radical (unpaired) electrons. The van der Waals surface area contributed by atoms with E-state index in [9.17, 15) is 4.79 Å². The lowest BCUT2D eigenvalue weighted by atomic mass is 10.0. The third-order valence-corrected chi connectivity index (χ3v) is 6.42. The Hall–Kier alpha value is -3.73. The van der Waals surface area contributed by atoms with E-state index in [1.165, 1.54) is 0 Å². The maximum Gasteiger partial charge on any atom is 0.412 e. The van der Waals surface area contributed by atoms with E-state index in [2.05, 4.69) is 36.5 Å². The van der Waals surface area contributed by atoms with Crippen molar-refractivity contribution in [3.63, 3.8) is 0 Å². The number of carbonyl (C=O) groups excluding carboxylic acids is 1. The first kappa shape index (κ1) is 25.4. The van der Waals surface area contributed by atoms with E-state index < -0.39 is 11.8 Å². The maximum atomic E-state index is 12.0. The zero-order valence-electron chi connectivity index (χ0n) is 21.2. The van der Waals surface area contributed by atoms with Crippen LogP contribution < -0.4 is 10.1 Å². The van der Waals surface area contributed by atoms with Gasteiger partial charge in [-0.3, -0.25) is 9.98 Å². The van der Waals surface area contributed by atoms with E-state index in [1.54, 1.807) is 6.07 Å². The molecular formula is C31H35N3O2. The van der Waals surface area contributed by atoms with Crippen LogP contribution in [0.1, 0.15) is 62.1 Å². The number of carbonyl (C=O) groups is 1. The van der Waals surface area contributed by atoms with Crippen LogP contribution >= 0.6 is 0 Å². The normalized spacial score (nSPS) is 14.2. The Morgan fingerprint density at radius 3 is 1.89 bits per heavy atom. The van der Waals surface area contributed by atoms with Gasteiger partial charge in [-0.25, -0.2) is 4.79 Å². The smallest absolute Gasteiger partial charge is 0.410 e. The lowest BCUT2D eigenvalue weighted by Crippen LogP contribution is -2.27. The summed E-state index contributed by atoms with van der Waals surface area (Å²) in [7, 11) is 0. The molecule has 4 rings (SSSR count). The third-order valence-electron chi connectivity index (χ3n) is 6.42. The molecule has 5 heteroatoms. The van der Waals surface area contributed by atoms with Crippen molar-refractivity contribution >= 4 is 17.5 Å². The minimum absolute atomic E-state index is 0.391. The van der Waals surface area contributed by atoms with Gasteiger partial charge in [0.25, 0.3) is 0 Å². The number of rotatable bonds is 11. The van der Waals surface area contributed by atoms with Crippen molar-refractivity contribution in [2.24, 2.45) is 9.98 Å². The van der Waals surface area contributed by atoms with Crippen LogP contribution in [0.3, 0.4) is 0 Å². The number of aliphatic imine (C=N–C) groups is 2. The Bertz CT molecular complexity index is 1150. The summed E-state index contributed by atoms with van der Waals surface area (Å²) in [6.45, 7) is 4.68. The highest BCUT2D eigenvalue weighted by Crippen LogP contribution is 2.30. The van der Waals surface area contributed by atoms with Crippen molar-refractivity contribution in [2.75, 3.05) is 6.54 Å². The van der Waals surface area contributed by atoms with Crippen LogP contribution in [-0.4, -0.2) is 29.7 Å². The van der Waals surface area contributed by atoms with Crippen molar-refractivity contribution in [1.82, 2.24) is 5.32 Å². The Labute approximate surface area is 214 Å². The number of hydrogen-bond donors (Lipinski definition) is 1. The summed E-state index contributed by atoms with van der Waals surface area (Å²) in [5.41, 5.74) is 4.69. The third kappa shape index (κ3) is 6.91. The molecule has 3 aromatic rings. The van der Waals surface area contributed by atoms with Crippen LogP contribution in [0, 0.1) is 6.92 Å². The number of benzene rings is 3. The summed E-state index contributed by atoms with van der Waals surface area (Å²) in [6.07, 6.45) is 5.84. The number of ether oxygens (including phenoxy) is 1.